The highest BCUT2D eigenvalue weighted by Gasteiger charge is 2.59. The van der Waals surface area contributed by atoms with Gasteiger partial charge in [0.2, 0.25) is 5.79 Å². The average Bonchev–Trinajstić information content (AvgIpc) is 3.15. The van der Waals surface area contributed by atoms with E-state index in [9.17, 15) is 4.39 Å². The summed E-state index contributed by atoms with van der Waals surface area (Å²) in [5, 5.41) is 9.12. The standard InChI is InChI=1S/C41H40ClFO6/c1-45-41(34-21-22-35(42)33(24-34)23-32-19-11-12-20-36(32)43)40(48-28-31-17-9-4-10-18-31)39(47-27-30-15-7-3-8-16-30)38(37(25-44)49-41)46-26-29-13-5-2-6-14-29/h2-22,24,37-40,44H,23,25-28H2,1H3/p+1/t37-,38-,39+,40-,41+/m1/s1. The summed E-state index contributed by atoms with van der Waals surface area (Å²) in [5.74, 6) is -1.85. The SMILES string of the molecule is CO[C@@]1(c2ccc(Cl)c(Cc3ccccc3F)c2)O[C@H](C[OH2+])[C@@H](OCc2ccccc2)[C@H](OCc2ccccc2)[C@H]1OCc1ccccc1. The molecule has 0 bridgehead atoms. The summed E-state index contributed by atoms with van der Waals surface area (Å²) >= 11 is 6.72. The summed E-state index contributed by atoms with van der Waals surface area (Å²) in [6.07, 6.45) is -2.79. The maximum Gasteiger partial charge on any atom is 0.225 e. The Morgan fingerprint density at radius 1 is 0.673 bits per heavy atom. The Kier molecular flexibility index (Phi) is 11.9. The molecule has 1 heterocycles. The molecule has 5 aromatic rings. The van der Waals surface area contributed by atoms with E-state index in [4.69, 9.17) is 40.4 Å². The third kappa shape index (κ3) is 8.28. The van der Waals surface area contributed by atoms with Gasteiger partial charge in [0.05, 0.1) is 19.8 Å². The fourth-order valence-electron chi connectivity index (χ4n) is 6.29. The van der Waals surface area contributed by atoms with E-state index in [1.807, 2.05) is 103 Å². The minimum atomic E-state index is -1.54. The minimum Gasteiger partial charge on any atom is -0.443 e. The molecule has 1 aliphatic rings. The Bertz CT molecular complexity index is 1760. The van der Waals surface area contributed by atoms with Crippen LogP contribution in [-0.4, -0.2) is 43.2 Å². The molecule has 6 rings (SSSR count). The van der Waals surface area contributed by atoms with Gasteiger partial charge >= 0.3 is 0 Å². The third-order valence-electron chi connectivity index (χ3n) is 8.82. The molecule has 1 saturated heterocycles. The van der Waals surface area contributed by atoms with Crippen LogP contribution in [0, 0.1) is 5.82 Å². The van der Waals surface area contributed by atoms with E-state index in [0.29, 0.717) is 21.7 Å². The maximum atomic E-state index is 14.8. The molecular formula is C41H41ClFO6+. The van der Waals surface area contributed by atoms with Crippen LogP contribution in [0.25, 0.3) is 0 Å². The van der Waals surface area contributed by atoms with E-state index in [2.05, 4.69) is 0 Å². The zero-order valence-corrected chi connectivity index (χ0v) is 28.1. The Hall–Kier alpha value is -3.92. The van der Waals surface area contributed by atoms with Crippen LogP contribution in [0.2, 0.25) is 5.02 Å². The van der Waals surface area contributed by atoms with E-state index < -0.39 is 30.2 Å². The fourth-order valence-corrected chi connectivity index (χ4v) is 6.47. The average molecular weight is 684 g/mol. The zero-order valence-electron chi connectivity index (χ0n) is 27.3. The van der Waals surface area contributed by atoms with Gasteiger partial charge in [0, 0.05) is 24.1 Å². The Morgan fingerprint density at radius 3 is 1.76 bits per heavy atom. The highest BCUT2D eigenvalue weighted by atomic mass is 35.5. The van der Waals surface area contributed by atoms with Gasteiger partial charge in [-0.05, 0) is 46.0 Å². The van der Waals surface area contributed by atoms with Crippen molar-refractivity contribution in [2.24, 2.45) is 0 Å². The van der Waals surface area contributed by atoms with Crippen molar-refractivity contribution < 1.29 is 33.2 Å². The molecule has 1 fully saturated rings. The molecular weight excluding hydrogens is 643 g/mol. The molecule has 0 radical (unpaired) electrons. The largest absolute Gasteiger partial charge is 0.443 e. The second-order valence-corrected chi connectivity index (χ2v) is 12.5. The van der Waals surface area contributed by atoms with Gasteiger partial charge in [0.1, 0.15) is 24.1 Å². The Balaban J connectivity index is 1.43. The summed E-state index contributed by atoms with van der Waals surface area (Å²) < 4.78 is 48.2. The molecule has 0 amide bonds. The molecule has 0 saturated carbocycles. The third-order valence-corrected chi connectivity index (χ3v) is 9.19. The molecule has 254 valence electrons. The van der Waals surface area contributed by atoms with E-state index in [0.717, 1.165) is 16.7 Å². The summed E-state index contributed by atoms with van der Waals surface area (Å²) in [4.78, 5) is 0. The van der Waals surface area contributed by atoms with Crippen LogP contribution in [0.4, 0.5) is 4.39 Å². The van der Waals surface area contributed by atoms with Gasteiger partial charge in [0.15, 0.2) is 12.7 Å². The van der Waals surface area contributed by atoms with Crippen LogP contribution in [-0.2, 0) is 55.7 Å². The van der Waals surface area contributed by atoms with Gasteiger partial charge in [-0.25, -0.2) is 4.39 Å². The van der Waals surface area contributed by atoms with Crippen LogP contribution >= 0.6 is 11.6 Å². The molecule has 0 unspecified atom stereocenters. The predicted octanol–water partition coefficient (Wildman–Crippen LogP) is 7.75. The number of benzene rings is 5. The van der Waals surface area contributed by atoms with Gasteiger partial charge in [-0.1, -0.05) is 127 Å². The number of rotatable bonds is 14. The number of methoxy groups -OCH3 is 1. The van der Waals surface area contributed by atoms with Crippen molar-refractivity contribution in [1.82, 2.24) is 0 Å². The fraction of sp³-hybridized carbons (Fsp3) is 0.268. The van der Waals surface area contributed by atoms with E-state index in [1.54, 1.807) is 31.4 Å². The van der Waals surface area contributed by atoms with Crippen molar-refractivity contribution in [3.63, 3.8) is 0 Å². The monoisotopic (exact) mass is 683 g/mol. The first-order valence-corrected chi connectivity index (χ1v) is 16.7. The molecule has 0 aliphatic carbocycles. The molecule has 5 aromatic carbocycles. The van der Waals surface area contributed by atoms with E-state index in [-0.39, 0.29) is 38.7 Å². The number of ether oxygens (including phenoxy) is 5. The van der Waals surface area contributed by atoms with E-state index >= 15 is 0 Å². The Morgan fingerprint density at radius 2 is 1.20 bits per heavy atom. The molecule has 2 N–H and O–H groups in total. The zero-order chi connectivity index (χ0) is 34.1. The lowest BCUT2D eigenvalue weighted by Crippen LogP contribution is -2.66. The van der Waals surface area contributed by atoms with Crippen molar-refractivity contribution in [1.29, 1.82) is 0 Å². The molecule has 5 atom stereocenters. The maximum absolute atomic E-state index is 14.8. The van der Waals surface area contributed by atoms with Gasteiger partial charge in [-0.2, -0.15) is 0 Å². The lowest BCUT2D eigenvalue weighted by Gasteiger charge is -2.51. The van der Waals surface area contributed by atoms with Gasteiger partial charge in [0.25, 0.3) is 0 Å². The lowest BCUT2D eigenvalue weighted by molar-refractivity contribution is -0.384. The molecule has 0 aromatic heterocycles. The van der Waals surface area contributed by atoms with Gasteiger partial charge in [-0.15, -0.1) is 0 Å². The number of hydrogen-bond acceptors (Lipinski definition) is 5. The van der Waals surface area contributed by atoms with Crippen molar-refractivity contribution in [3.8, 4) is 0 Å². The summed E-state index contributed by atoms with van der Waals surface area (Å²) in [6.45, 7) is 0.663. The summed E-state index contributed by atoms with van der Waals surface area (Å²) in [5.41, 5.74) is 4.72. The quantitative estimate of drug-likeness (QED) is 0.112. The van der Waals surface area contributed by atoms with Crippen molar-refractivity contribution in [2.75, 3.05) is 13.7 Å². The topological polar surface area (TPSA) is 69.1 Å². The molecule has 6 nitrogen and oxygen atoms in total. The van der Waals surface area contributed by atoms with E-state index in [1.165, 1.54) is 6.07 Å². The second kappa shape index (κ2) is 16.7. The molecule has 49 heavy (non-hydrogen) atoms. The number of halogens is 2. The van der Waals surface area contributed by atoms with Crippen molar-refractivity contribution in [2.45, 2.75) is 56.4 Å². The van der Waals surface area contributed by atoms with Crippen LogP contribution in [0.1, 0.15) is 33.4 Å². The molecule has 8 heteroatoms. The summed E-state index contributed by atoms with van der Waals surface area (Å²) in [6, 6.07) is 41.7. The first-order valence-electron chi connectivity index (χ1n) is 16.4. The first-order chi connectivity index (χ1) is 24.0. The van der Waals surface area contributed by atoms with Crippen LogP contribution < -0.4 is 0 Å². The highest BCUT2D eigenvalue weighted by Crippen LogP contribution is 2.44. The Labute approximate surface area is 291 Å². The highest BCUT2D eigenvalue weighted by molar-refractivity contribution is 6.31. The van der Waals surface area contributed by atoms with Gasteiger partial charge in [-0.3, -0.25) is 0 Å². The lowest BCUT2D eigenvalue weighted by atomic mass is 9.86. The minimum absolute atomic E-state index is 0.128. The summed E-state index contributed by atoms with van der Waals surface area (Å²) in [7, 11) is 1.56. The number of hydrogen-bond donors (Lipinski definition) is 0. The second-order valence-electron chi connectivity index (χ2n) is 12.0. The van der Waals surface area contributed by atoms with Crippen molar-refractivity contribution in [3.05, 3.63) is 178 Å². The smallest absolute Gasteiger partial charge is 0.225 e. The predicted molar refractivity (Wildman–Crippen MR) is 188 cm³/mol. The van der Waals surface area contributed by atoms with Crippen molar-refractivity contribution >= 4 is 11.6 Å². The van der Waals surface area contributed by atoms with Crippen LogP contribution in [0.3, 0.4) is 0 Å². The van der Waals surface area contributed by atoms with Crippen LogP contribution in [0.5, 0.6) is 0 Å². The first kappa shape index (κ1) is 34.9. The van der Waals surface area contributed by atoms with Gasteiger partial charge < -0.3 is 28.8 Å². The normalized spacial score (nSPS) is 22.2. The molecule has 1 aliphatic heterocycles. The molecule has 0 spiro atoms. The van der Waals surface area contributed by atoms with Crippen LogP contribution in [0.15, 0.2) is 133 Å².